The van der Waals surface area contributed by atoms with Gasteiger partial charge in [-0.25, -0.2) is 4.79 Å². The number of piperidine rings is 1. The van der Waals surface area contributed by atoms with Gasteiger partial charge in [-0.1, -0.05) is 20.8 Å². The molecule has 2 atom stereocenters. The number of likely N-dealkylation sites (tertiary alicyclic amines) is 1. The summed E-state index contributed by atoms with van der Waals surface area (Å²) in [6, 6.07) is 0. The molecule has 0 bridgehead atoms. The Kier molecular flexibility index (Phi) is 2.23. The van der Waals surface area contributed by atoms with E-state index in [1.165, 1.54) is 0 Å². The van der Waals surface area contributed by atoms with Gasteiger partial charge in [0.2, 0.25) is 0 Å². The van der Waals surface area contributed by atoms with E-state index < -0.39 is 6.09 Å². The van der Waals surface area contributed by atoms with Crippen molar-refractivity contribution in [2.45, 2.75) is 32.7 Å². The van der Waals surface area contributed by atoms with Gasteiger partial charge < -0.3 is 15.3 Å². The van der Waals surface area contributed by atoms with Crippen molar-refractivity contribution in [3.63, 3.8) is 0 Å². The summed E-state index contributed by atoms with van der Waals surface area (Å²) in [6.07, 6.45) is 0.325. The van der Waals surface area contributed by atoms with Crippen LogP contribution in [-0.4, -0.2) is 41.3 Å². The number of carboxylic acid groups (broad SMARTS) is 1. The van der Waals surface area contributed by atoms with Crippen molar-refractivity contribution in [2.75, 3.05) is 19.6 Å². The van der Waals surface area contributed by atoms with E-state index in [9.17, 15) is 9.90 Å². The van der Waals surface area contributed by atoms with Crippen LogP contribution >= 0.6 is 0 Å². The summed E-state index contributed by atoms with van der Waals surface area (Å²) in [5.41, 5.74) is -0.182. The third kappa shape index (κ3) is 1.27. The van der Waals surface area contributed by atoms with Crippen LogP contribution in [0.3, 0.4) is 0 Å². The predicted molar refractivity (Wildman–Crippen MR) is 57.9 cm³/mol. The van der Waals surface area contributed by atoms with E-state index in [0.29, 0.717) is 12.5 Å². The molecule has 0 aromatic rings. The fraction of sp³-hybridized carbons (Fsp3) is 0.909. The lowest BCUT2D eigenvalue weighted by Gasteiger charge is -2.65. The van der Waals surface area contributed by atoms with E-state index in [2.05, 4.69) is 26.1 Å². The van der Waals surface area contributed by atoms with Crippen LogP contribution in [0.4, 0.5) is 4.79 Å². The lowest BCUT2D eigenvalue weighted by molar-refractivity contribution is -0.139. The van der Waals surface area contributed by atoms with Gasteiger partial charge in [0.05, 0.1) is 5.54 Å². The summed E-state index contributed by atoms with van der Waals surface area (Å²) < 4.78 is 0. The van der Waals surface area contributed by atoms with Crippen LogP contribution in [0.15, 0.2) is 0 Å². The largest absolute Gasteiger partial charge is 0.465 e. The molecule has 0 aliphatic carbocycles. The molecule has 2 aliphatic rings. The topological polar surface area (TPSA) is 52.6 Å². The molecule has 0 spiro atoms. The van der Waals surface area contributed by atoms with Crippen LogP contribution in [0.5, 0.6) is 0 Å². The standard InChI is InChI=1S/C11H20N2O2/c1-10(2,3)11-7-12-5-4-8(11)6-13(11)9(14)15/h8,12H,4-7H2,1-3H3,(H,14,15)/t8-,11?/m0/s1. The minimum absolute atomic E-state index is 0.00171. The van der Waals surface area contributed by atoms with Crippen LogP contribution in [0, 0.1) is 11.3 Å². The SMILES string of the molecule is CC(C)(C)C12CNCC[C@H]1CN2C(=O)O. The van der Waals surface area contributed by atoms with Gasteiger partial charge in [0.25, 0.3) is 0 Å². The molecule has 2 rings (SSSR count). The molecule has 0 aromatic heterocycles. The third-order valence-electron chi connectivity index (χ3n) is 4.15. The number of amides is 1. The number of hydrogen-bond acceptors (Lipinski definition) is 2. The molecule has 4 nitrogen and oxygen atoms in total. The molecule has 2 heterocycles. The third-order valence-corrected chi connectivity index (χ3v) is 4.15. The van der Waals surface area contributed by atoms with Gasteiger partial charge in [0.15, 0.2) is 0 Å². The second-order valence-corrected chi connectivity index (χ2v) is 5.73. The van der Waals surface area contributed by atoms with Gasteiger partial charge in [-0.2, -0.15) is 0 Å². The van der Waals surface area contributed by atoms with Gasteiger partial charge in [-0.3, -0.25) is 0 Å². The highest BCUT2D eigenvalue weighted by atomic mass is 16.4. The molecule has 4 heteroatoms. The van der Waals surface area contributed by atoms with E-state index in [0.717, 1.165) is 19.5 Å². The second kappa shape index (κ2) is 3.11. The van der Waals surface area contributed by atoms with Gasteiger partial charge in [0, 0.05) is 19.0 Å². The molecular formula is C11H20N2O2. The molecule has 2 saturated heterocycles. The number of hydrogen-bond donors (Lipinski definition) is 2. The first-order valence-corrected chi connectivity index (χ1v) is 5.61. The van der Waals surface area contributed by atoms with Gasteiger partial charge >= 0.3 is 6.09 Å². The van der Waals surface area contributed by atoms with Crippen molar-refractivity contribution < 1.29 is 9.90 Å². The quantitative estimate of drug-likeness (QED) is 0.637. The smallest absolute Gasteiger partial charge is 0.407 e. The fourth-order valence-electron chi connectivity index (χ4n) is 3.30. The predicted octanol–water partition coefficient (Wildman–Crippen LogP) is 1.37. The maximum absolute atomic E-state index is 11.2. The average Bonchev–Trinajstić information content (AvgIpc) is 2.03. The van der Waals surface area contributed by atoms with Crippen LogP contribution in [0.2, 0.25) is 0 Å². The first-order valence-electron chi connectivity index (χ1n) is 5.61. The van der Waals surface area contributed by atoms with Crippen molar-refractivity contribution in [1.29, 1.82) is 0 Å². The Labute approximate surface area is 90.6 Å². The van der Waals surface area contributed by atoms with Crippen LogP contribution in [0.25, 0.3) is 0 Å². The molecule has 0 aromatic carbocycles. The minimum Gasteiger partial charge on any atom is -0.465 e. The van der Waals surface area contributed by atoms with Crippen molar-refractivity contribution in [1.82, 2.24) is 10.2 Å². The van der Waals surface area contributed by atoms with Gasteiger partial charge in [0.1, 0.15) is 0 Å². The number of carbonyl (C=O) groups is 1. The Hall–Kier alpha value is -0.770. The Morgan fingerprint density at radius 3 is 2.67 bits per heavy atom. The van der Waals surface area contributed by atoms with Gasteiger partial charge in [-0.05, 0) is 18.4 Å². The van der Waals surface area contributed by atoms with Crippen LogP contribution in [-0.2, 0) is 0 Å². The van der Waals surface area contributed by atoms with E-state index >= 15 is 0 Å². The second-order valence-electron chi connectivity index (χ2n) is 5.73. The van der Waals surface area contributed by atoms with Crippen molar-refractivity contribution >= 4 is 6.09 Å². The summed E-state index contributed by atoms with van der Waals surface area (Å²) in [4.78, 5) is 12.8. The Balaban J connectivity index is 2.31. The lowest BCUT2D eigenvalue weighted by atomic mass is 9.57. The van der Waals surface area contributed by atoms with Crippen molar-refractivity contribution in [3.8, 4) is 0 Å². The molecule has 2 aliphatic heterocycles. The normalized spacial score (nSPS) is 35.7. The minimum atomic E-state index is -0.773. The first kappa shape index (κ1) is 10.7. The van der Waals surface area contributed by atoms with E-state index in [-0.39, 0.29) is 11.0 Å². The summed E-state index contributed by atoms with van der Waals surface area (Å²) in [7, 11) is 0. The highest BCUT2D eigenvalue weighted by Gasteiger charge is 2.62. The summed E-state index contributed by atoms with van der Waals surface area (Å²) in [5.74, 6) is 0.537. The van der Waals surface area contributed by atoms with E-state index in [1.807, 2.05) is 0 Å². The monoisotopic (exact) mass is 212 g/mol. The van der Waals surface area contributed by atoms with Crippen molar-refractivity contribution in [2.24, 2.45) is 11.3 Å². The molecule has 0 saturated carbocycles. The highest BCUT2D eigenvalue weighted by Crippen LogP contribution is 2.51. The number of nitrogens with one attached hydrogen (secondary N) is 1. The maximum Gasteiger partial charge on any atom is 0.407 e. The zero-order valence-electron chi connectivity index (χ0n) is 9.71. The Bertz CT molecular complexity index is 285. The zero-order chi connectivity index (χ0) is 11.3. The van der Waals surface area contributed by atoms with E-state index in [4.69, 9.17) is 0 Å². The van der Waals surface area contributed by atoms with Gasteiger partial charge in [-0.15, -0.1) is 0 Å². The Morgan fingerprint density at radius 2 is 2.20 bits per heavy atom. The molecule has 86 valence electrons. The molecule has 15 heavy (non-hydrogen) atoms. The number of nitrogens with zero attached hydrogens (tertiary/aromatic N) is 1. The molecule has 1 unspecified atom stereocenters. The summed E-state index contributed by atoms with van der Waals surface area (Å²) in [6.45, 7) is 8.96. The molecular weight excluding hydrogens is 192 g/mol. The lowest BCUT2D eigenvalue weighted by Crippen LogP contribution is -2.79. The zero-order valence-corrected chi connectivity index (χ0v) is 9.71. The molecule has 2 N–H and O–H groups in total. The average molecular weight is 212 g/mol. The molecule has 1 amide bonds. The van der Waals surface area contributed by atoms with Crippen LogP contribution < -0.4 is 5.32 Å². The molecule has 2 fully saturated rings. The highest BCUT2D eigenvalue weighted by molar-refractivity contribution is 5.68. The fourth-order valence-corrected chi connectivity index (χ4v) is 3.30. The number of rotatable bonds is 0. The summed E-state index contributed by atoms with van der Waals surface area (Å²) >= 11 is 0. The Morgan fingerprint density at radius 1 is 1.53 bits per heavy atom. The molecule has 0 radical (unpaired) electrons. The van der Waals surface area contributed by atoms with Crippen LogP contribution in [0.1, 0.15) is 27.2 Å². The van der Waals surface area contributed by atoms with Crippen molar-refractivity contribution in [3.05, 3.63) is 0 Å². The summed E-state index contributed by atoms with van der Waals surface area (Å²) in [5, 5.41) is 12.5. The maximum atomic E-state index is 11.2. The number of fused-ring (bicyclic) bond motifs is 1. The first-order chi connectivity index (χ1) is 6.89. The van der Waals surface area contributed by atoms with E-state index in [1.54, 1.807) is 4.90 Å².